The Morgan fingerprint density at radius 1 is 1.05 bits per heavy atom. The van der Waals surface area contributed by atoms with Crippen LogP contribution >= 0.6 is 15.9 Å². The van der Waals surface area contributed by atoms with Crippen molar-refractivity contribution in [1.82, 2.24) is 4.90 Å². The van der Waals surface area contributed by atoms with E-state index in [0.717, 1.165) is 30.4 Å². The number of hydrogen-bond acceptors (Lipinski definition) is 1. The minimum atomic E-state index is 0.222. The molecule has 0 spiro atoms. The van der Waals surface area contributed by atoms with Gasteiger partial charge in [0, 0.05) is 29.4 Å². The SMILES string of the molecule is O=C1[C@@H]2[C@H]3CCN1CCC[C@H]2C=C[C@H]3c1ccc(Br)cc1. The Bertz CT molecular complexity index is 579. The first kappa shape index (κ1) is 13.6. The van der Waals surface area contributed by atoms with Gasteiger partial charge in [-0.3, -0.25) is 4.79 Å². The molecule has 4 rings (SSSR count). The average molecular weight is 346 g/mol. The van der Waals surface area contributed by atoms with Gasteiger partial charge in [-0.2, -0.15) is 0 Å². The van der Waals surface area contributed by atoms with Gasteiger partial charge in [0.05, 0.1) is 0 Å². The minimum Gasteiger partial charge on any atom is -0.342 e. The van der Waals surface area contributed by atoms with Crippen molar-refractivity contribution in [2.75, 3.05) is 13.1 Å². The van der Waals surface area contributed by atoms with Crippen molar-refractivity contribution in [2.45, 2.75) is 25.2 Å². The first-order valence-electron chi connectivity index (χ1n) is 7.96. The highest BCUT2D eigenvalue weighted by Crippen LogP contribution is 2.47. The number of amides is 1. The van der Waals surface area contributed by atoms with Gasteiger partial charge in [0.25, 0.3) is 0 Å². The van der Waals surface area contributed by atoms with Crippen molar-refractivity contribution in [3.63, 3.8) is 0 Å². The molecule has 2 aliphatic heterocycles. The van der Waals surface area contributed by atoms with E-state index in [-0.39, 0.29) is 5.92 Å². The fourth-order valence-electron chi connectivity index (χ4n) is 4.48. The number of rotatable bonds is 1. The summed E-state index contributed by atoms with van der Waals surface area (Å²) in [5, 5.41) is 0. The summed E-state index contributed by atoms with van der Waals surface area (Å²) in [4.78, 5) is 14.9. The van der Waals surface area contributed by atoms with Gasteiger partial charge in [0.1, 0.15) is 0 Å². The molecule has 0 radical (unpaired) electrons. The standard InChI is InChI=1S/C18H20BrNO/c19-14-6-3-12(4-7-14)15-8-5-13-2-1-10-20-11-9-16(15)17(13)18(20)21/h3-8,13,15-17H,1-2,9-11H2/t13-,15-,16-,17-/m0/s1. The van der Waals surface area contributed by atoms with Crippen LogP contribution in [0.3, 0.4) is 0 Å². The third kappa shape index (κ3) is 2.26. The number of piperidine rings is 1. The number of hydrogen-bond donors (Lipinski definition) is 0. The van der Waals surface area contributed by atoms with E-state index >= 15 is 0 Å². The van der Waals surface area contributed by atoms with Gasteiger partial charge in [-0.05, 0) is 48.8 Å². The maximum absolute atomic E-state index is 12.8. The summed E-state index contributed by atoms with van der Waals surface area (Å²) < 4.78 is 1.12. The topological polar surface area (TPSA) is 20.3 Å². The highest BCUT2D eigenvalue weighted by molar-refractivity contribution is 9.10. The molecule has 1 amide bonds. The van der Waals surface area contributed by atoms with Crippen molar-refractivity contribution in [3.8, 4) is 0 Å². The van der Waals surface area contributed by atoms with Crippen molar-refractivity contribution >= 4 is 21.8 Å². The van der Waals surface area contributed by atoms with Gasteiger partial charge in [-0.15, -0.1) is 0 Å². The van der Waals surface area contributed by atoms with E-state index in [9.17, 15) is 4.79 Å². The Balaban J connectivity index is 1.72. The summed E-state index contributed by atoms with van der Waals surface area (Å²) in [5.41, 5.74) is 1.35. The molecule has 0 N–H and O–H groups in total. The quantitative estimate of drug-likeness (QED) is 0.705. The molecule has 2 nitrogen and oxygen atoms in total. The Kier molecular flexibility index (Phi) is 3.41. The maximum atomic E-state index is 12.8. The lowest BCUT2D eigenvalue weighted by atomic mass is 9.65. The van der Waals surface area contributed by atoms with Gasteiger partial charge in [-0.1, -0.05) is 40.2 Å². The second-order valence-corrected chi connectivity index (χ2v) is 7.49. The van der Waals surface area contributed by atoms with Crippen molar-refractivity contribution in [3.05, 3.63) is 46.5 Å². The van der Waals surface area contributed by atoms with Crippen LogP contribution in [0.15, 0.2) is 40.9 Å². The van der Waals surface area contributed by atoms with Crippen LogP contribution in [-0.4, -0.2) is 23.9 Å². The second kappa shape index (κ2) is 5.28. The number of halogens is 1. The molecule has 1 aromatic carbocycles. The van der Waals surface area contributed by atoms with Crippen molar-refractivity contribution in [1.29, 1.82) is 0 Å². The highest BCUT2D eigenvalue weighted by atomic mass is 79.9. The largest absolute Gasteiger partial charge is 0.342 e. The molecular weight excluding hydrogens is 326 g/mol. The monoisotopic (exact) mass is 345 g/mol. The van der Waals surface area contributed by atoms with Crippen LogP contribution in [0.25, 0.3) is 0 Å². The third-order valence-corrected chi connectivity index (χ3v) is 6.03. The van der Waals surface area contributed by atoms with Crippen LogP contribution in [0.4, 0.5) is 0 Å². The van der Waals surface area contributed by atoms with Gasteiger partial charge < -0.3 is 4.90 Å². The number of allylic oxidation sites excluding steroid dienone is 2. The van der Waals surface area contributed by atoms with Crippen LogP contribution in [0.5, 0.6) is 0 Å². The smallest absolute Gasteiger partial charge is 0.226 e. The molecule has 2 fully saturated rings. The molecule has 3 aliphatic rings. The van der Waals surface area contributed by atoms with Crippen molar-refractivity contribution in [2.24, 2.45) is 17.8 Å². The molecule has 2 saturated heterocycles. The van der Waals surface area contributed by atoms with E-state index in [1.54, 1.807) is 0 Å². The summed E-state index contributed by atoms with van der Waals surface area (Å²) in [6.07, 6.45) is 8.20. The molecule has 3 heteroatoms. The minimum absolute atomic E-state index is 0.222. The molecule has 0 saturated carbocycles. The van der Waals surface area contributed by atoms with E-state index in [1.807, 2.05) is 0 Å². The summed E-state index contributed by atoms with van der Waals surface area (Å²) in [6.45, 7) is 1.92. The summed E-state index contributed by atoms with van der Waals surface area (Å²) in [5.74, 6) is 2.01. The molecule has 4 atom stereocenters. The fraction of sp³-hybridized carbons (Fsp3) is 0.500. The van der Waals surface area contributed by atoms with E-state index < -0.39 is 0 Å². The van der Waals surface area contributed by atoms with Gasteiger partial charge >= 0.3 is 0 Å². The Morgan fingerprint density at radius 3 is 2.67 bits per heavy atom. The Labute approximate surface area is 134 Å². The molecular formula is C18H20BrNO. The zero-order valence-corrected chi connectivity index (χ0v) is 13.6. The van der Waals surface area contributed by atoms with E-state index in [0.29, 0.717) is 23.7 Å². The lowest BCUT2D eigenvalue weighted by Crippen LogP contribution is -2.48. The lowest BCUT2D eigenvalue weighted by Gasteiger charge is -2.43. The average Bonchev–Trinajstić information content (AvgIpc) is 2.61. The van der Waals surface area contributed by atoms with E-state index in [4.69, 9.17) is 0 Å². The van der Waals surface area contributed by atoms with E-state index in [2.05, 4.69) is 57.2 Å². The zero-order valence-electron chi connectivity index (χ0n) is 12.0. The first-order chi connectivity index (χ1) is 10.2. The van der Waals surface area contributed by atoms with Crippen LogP contribution in [-0.2, 0) is 4.79 Å². The van der Waals surface area contributed by atoms with Gasteiger partial charge in [-0.25, -0.2) is 0 Å². The molecule has 21 heavy (non-hydrogen) atoms. The normalized spacial score (nSPS) is 34.7. The molecule has 2 heterocycles. The first-order valence-corrected chi connectivity index (χ1v) is 8.76. The maximum Gasteiger partial charge on any atom is 0.226 e. The molecule has 2 bridgehead atoms. The number of nitrogens with zero attached hydrogens (tertiary/aromatic N) is 1. The summed E-state index contributed by atoms with van der Waals surface area (Å²) >= 11 is 3.51. The van der Waals surface area contributed by atoms with Crippen molar-refractivity contribution < 1.29 is 4.79 Å². The van der Waals surface area contributed by atoms with Crippen LogP contribution in [0.1, 0.15) is 30.7 Å². The molecule has 1 aliphatic carbocycles. The second-order valence-electron chi connectivity index (χ2n) is 6.57. The Morgan fingerprint density at radius 2 is 1.86 bits per heavy atom. The van der Waals surface area contributed by atoms with Gasteiger partial charge in [0.2, 0.25) is 5.91 Å². The highest BCUT2D eigenvalue weighted by Gasteiger charge is 2.46. The summed E-state index contributed by atoms with van der Waals surface area (Å²) in [7, 11) is 0. The lowest BCUT2D eigenvalue weighted by molar-refractivity contribution is -0.142. The molecule has 0 aromatic heterocycles. The Hall–Kier alpha value is -1.09. The predicted molar refractivity (Wildman–Crippen MR) is 86.9 cm³/mol. The molecule has 0 unspecified atom stereocenters. The predicted octanol–water partition coefficient (Wildman–Crippen LogP) is 3.98. The van der Waals surface area contributed by atoms with Crippen LogP contribution in [0, 0.1) is 17.8 Å². The number of carbonyl (C=O) groups is 1. The number of benzene rings is 1. The van der Waals surface area contributed by atoms with Gasteiger partial charge in [0.15, 0.2) is 0 Å². The van der Waals surface area contributed by atoms with E-state index in [1.165, 1.54) is 12.0 Å². The summed E-state index contributed by atoms with van der Waals surface area (Å²) in [6, 6.07) is 8.62. The number of fused-ring (bicyclic) bond motifs is 1. The zero-order chi connectivity index (χ0) is 14.4. The van der Waals surface area contributed by atoms with Crippen LogP contribution < -0.4 is 0 Å². The molecule has 110 valence electrons. The molecule has 1 aromatic rings. The van der Waals surface area contributed by atoms with Crippen LogP contribution in [0.2, 0.25) is 0 Å². The third-order valence-electron chi connectivity index (χ3n) is 5.50. The fourth-order valence-corrected chi connectivity index (χ4v) is 4.74. The number of carbonyl (C=O) groups excluding carboxylic acids is 1.